The first-order chi connectivity index (χ1) is 8.34. The number of anilines is 2. The highest BCUT2D eigenvalue weighted by molar-refractivity contribution is 5.37. The van der Waals surface area contributed by atoms with E-state index in [2.05, 4.69) is 27.5 Å². The maximum atomic E-state index is 4.22. The molecule has 0 radical (unpaired) electrons. The standard InChI is InChI=1S/C13H16N4/c1-11(17-13-7-3-5-9-15-13)10-16-12-6-2-4-8-14-12/h2-9,11H,10H2,1H3,(H,14,16)(H,15,17). The second-order valence-electron chi connectivity index (χ2n) is 3.86. The van der Waals surface area contributed by atoms with E-state index in [1.165, 1.54) is 0 Å². The van der Waals surface area contributed by atoms with Crippen LogP contribution in [0.25, 0.3) is 0 Å². The quantitative estimate of drug-likeness (QED) is 0.825. The summed E-state index contributed by atoms with van der Waals surface area (Å²) in [6.07, 6.45) is 3.56. The first-order valence-corrected chi connectivity index (χ1v) is 5.67. The molecule has 0 saturated carbocycles. The van der Waals surface area contributed by atoms with Gasteiger partial charge in [0.15, 0.2) is 0 Å². The Kier molecular flexibility index (Phi) is 3.91. The Hall–Kier alpha value is -2.10. The molecular formula is C13H16N4. The molecule has 0 aromatic carbocycles. The molecule has 17 heavy (non-hydrogen) atoms. The second-order valence-corrected chi connectivity index (χ2v) is 3.86. The van der Waals surface area contributed by atoms with Gasteiger partial charge >= 0.3 is 0 Å². The van der Waals surface area contributed by atoms with Crippen molar-refractivity contribution in [2.24, 2.45) is 0 Å². The predicted octanol–water partition coefficient (Wildman–Crippen LogP) is 2.39. The monoisotopic (exact) mass is 228 g/mol. The van der Waals surface area contributed by atoms with Crippen LogP contribution in [-0.4, -0.2) is 22.6 Å². The third kappa shape index (κ3) is 3.75. The lowest BCUT2D eigenvalue weighted by atomic mass is 10.3. The molecule has 4 nitrogen and oxygen atoms in total. The van der Waals surface area contributed by atoms with Gasteiger partial charge in [-0.1, -0.05) is 12.1 Å². The molecule has 0 aliphatic rings. The highest BCUT2D eigenvalue weighted by Crippen LogP contribution is 2.04. The van der Waals surface area contributed by atoms with Gasteiger partial charge in [-0.2, -0.15) is 0 Å². The van der Waals surface area contributed by atoms with Crippen molar-refractivity contribution >= 4 is 11.6 Å². The molecule has 0 aliphatic heterocycles. The van der Waals surface area contributed by atoms with Gasteiger partial charge < -0.3 is 10.6 Å². The zero-order valence-electron chi connectivity index (χ0n) is 9.80. The van der Waals surface area contributed by atoms with Gasteiger partial charge in [-0.3, -0.25) is 0 Å². The molecule has 2 heterocycles. The maximum absolute atomic E-state index is 4.22. The van der Waals surface area contributed by atoms with Crippen molar-refractivity contribution in [3.63, 3.8) is 0 Å². The van der Waals surface area contributed by atoms with Crippen molar-refractivity contribution in [1.82, 2.24) is 9.97 Å². The van der Waals surface area contributed by atoms with Crippen molar-refractivity contribution in [1.29, 1.82) is 0 Å². The normalized spacial score (nSPS) is 11.8. The van der Waals surface area contributed by atoms with Crippen molar-refractivity contribution < 1.29 is 0 Å². The summed E-state index contributed by atoms with van der Waals surface area (Å²) in [6.45, 7) is 2.90. The summed E-state index contributed by atoms with van der Waals surface area (Å²) >= 11 is 0. The Bertz CT molecular complexity index is 430. The van der Waals surface area contributed by atoms with Crippen LogP contribution < -0.4 is 10.6 Å². The Morgan fingerprint density at radius 3 is 2.24 bits per heavy atom. The fourth-order valence-electron chi connectivity index (χ4n) is 1.48. The van der Waals surface area contributed by atoms with E-state index < -0.39 is 0 Å². The molecule has 0 aliphatic carbocycles. The number of nitrogens with zero attached hydrogens (tertiary/aromatic N) is 2. The van der Waals surface area contributed by atoms with E-state index in [4.69, 9.17) is 0 Å². The van der Waals surface area contributed by atoms with Gasteiger partial charge in [0.25, 0.3) is 0 Å². The number of pyridine rings is 2. The summed E-state index contributed by atoms with van der Waals surface area (Å²) < 4.78 is 0. The van der Waals surface area contributed by atoms with E-state index >= 15 is 0 Å². The molecule has 2 rings (SSSR count). The topological polar surface area (TPSA) is 49.8 Å². The molecule has 1 atom stereocenters. The van der Waals surface area contributed by atoms with E-state index in [1.54, 1.807) is 12.4 Å². The first kappa shape index (κ1) is 11.4. The predicted molar refractivity (Wildman–Crippen MR) is 70.0 cm³/mol. The zero-order chi connectivity index (χ0) is 11.9. The molecule has 4 heteroatoms. The highest BCUT2D eigenvalue weighted by atomic mass is 15.1. The van der Waals surface area contributed by atoms with Crippen LogP contribution in [0.5, 0.6) is 0 Å². The van der Waals surface area contributed by atoms with Gasteiger partial charge in [-0.15, -0.1) is 0 Å². The molecule has 0 amide bonds. The van der Waals surface area contributed by atoms with Gasteiger partial charge in [-0.25, -0.2) is 9.97 Å². The third-order valence-corrected chi connectivity index (χ3v) is 2.31. The lowest BCUT2D eigenvalue weighted by Gasteiger charge is -2.15. The minimum Gasteiger partial charge on any atom is -0.368 e. The molecule has 0 bridgehead atoms. The lowest BCUT2D eigenvalue weighted by molar-refractivity contribution is 0.825. The average molecular weight is 228 g/mol. The molecule has 2 N–H and O–H groups in total. The van der Waals surface area contributed by atoms with Crippen molar-refractivity contribution in [3.05, 3.63) is 48.8 Å². The average Bonchev–Trinajstić information content (AvgIpc) is 2.39. The smallest absolute Gasteiger partial charge is 0.126 e. The molecule has 2 aromatic rings. The summed E-state index contributed by atoms with van der Waals surface area (Å²) in [5, 5.41) is 6.57. The molecule has 88 valence electrons. The van der Waals surface area contributed by atoms with Gasteiger partial charge in [0.05, 0.1) is 0 Å². The summed E-state index contributed by atoms with van der Waals surface area (Å²) in [5.74, 6) is 1.78. The summed E-state index contributed by atoms with van der Waals surface area (Å²) in [7, 11) is 0. The maximum Gasteiger partial charge on any atom is 0.126 e. The van der Waals surface area contributed by atoms with Crippen LogP contribution in [0.15, 0.2) is 48.8 Å². The fourth-order valence-corrected chi connectivity index (χ4v) is 1.48. The SMILES string of the molecule is CC(CNc1ccccn1)Nc1ccccn1. The van der Waals surface area contributed by atoms with Crippen LogP contribution in [0, 0.1) is 0 Å². The minimum absolute atomic E-state index is 0.284. The van der Waals surface area contributed by atoms with Gasteiger partial charge in [0.1, 0.15) is 11.6 Å². The van der Waals surface area contributed by atoms with Crippen molar-refractivity contribution in [3.8, 4) is 0 Å². The van der Waals surface area contributed by atoms with Crippen LogP contribution in [0.4, 0.5) is 11.6 Å². The van der Waals surface area contributed by atoms with E-state index in [0.717, 1.165) is 18.2 Å². The number of nitrogens with one attached hydrogen (secondary N) is 2. The molecule has 0 fully saturated rings. The van der Waals surface area contributed by atoms with Crippen LogP contribution >= 0.6 is 0 Å². The number of hydrogen-bond donors (Lipinski definition) is 2. The van der Waals surface area contributed by atoms with Crippen molar-refractivity contribution in [2.45, 2.75) is 13.0 Å². The Balaban J connectivity index is 1.80. The summed E-state index contributed by atoms with van der Waals surface area (Å²) in [4.78, 5) is 8.42. The van der Waals surface area contributed by atoms with Gasteiger partial charge in [0, 0.05) is 25.0 Å². The summed E-state index contributed by atoms with van der Waals surface area (Å²) in [6, 6.07) is 11.9. The number of rotatable bonds is 5. The summed E-state index contributed by atoms with van der Waals surface area (Å²) in [5.41, 5.74) is 0. The van der Waals surface area contributed by atoms with E-state index in [0.29, 0.717) is 0 Å². The largest absolute Gasteiger partial charge is 0.368 e. The van der Waals surface area contributed by atoms with Crippen molar-refractivity contribution in [2.75, 3.05) is 17.2 Å². The molecule has 0 saturated heterocycles. The van der Waals surface area contributed by atoms with Gasteiger partial charge in [0.2, 0.25) is 0 Å². The van der Waals surface area contributed by atoms with Crippen LogP contribution in [-0.2, 0) is 0 Å². The number of aromatic nitrogens is 2. The molecular weight excluding hydrogens is 212 g/mol. The zero-order valence-corrected chi connectivity index (χ0v) is 9.80. The fraction of sp³-hybridized carbons (Fsp3) is 0.231. The van der Waals surface area contributed by atoms with E-state index in [-0.39, 0.29) is 6.04 Å². The molecule has 2 aromatic heterocycles. The highest BCUT2D eigenvalue weighted by Gasteiger charge is 2.02. The lowest BCUT2D eigenvalue weighted by Crippen LogP contribution is -2.25. The van der Waals surface area contributed by atoms with E-state index in [9.17, 15) is 0 Å². The van der Waals surface area contributed by atoms with Crippen LogP contribution in [0.3, 0.4) is 0 Å². The minimum atomic E-state index is 0.284. The Morgan fingerprint density at radius 1 is 1.00 bits per heavy atom. The third-order valence-electron chi connectivity index (χ3n) is 2.31. The molecule has 0 spiro atoms. The number of hydrogen-bond acceptors (Lipinski definition) is 4. The first-order valence-electron chi connectivity index (χ1n) is 5.67. The Labute approximate surface area is 101 Å². The molecule has 1 unspecified atom stereocenters. The van der Waals surface area contributed by atoms with Crippen LogP contribution in [0.2, 0.25) is 0 Å². The van der Waals surface area contributed by atoms with Crippen LogP contribution in [0.1, 0.15) is 6.92 Å². The second kappa shape index (κ2) is 5.84. The van der Waals surface area contributed by atoms with E-state index in [1.807, 2.05) is 36.4 Å². The Morgan fingerprint density at radius 2 is 1.65 bits per heavy atom. The van der Waals surface area contributed by atoms with Gasteiger partial charge in [-0.05, 0) is 31.2 Å².